The summed E-state index contributed by atoms with van der Waals surface area (Å²) in [6.07, 6.45) is 8.95. The van der Waals surface area contributed by atoms with Gasteiger partial charge in [0.05, 0.1) is 11.1 Å². The summed E-state index contributed by atoms with van der Waals surface area (Å²) >= 11 is 0. The molecule has 3 fully saturated rings. The standard InChI is InChI=1S/C32H29F3N4O2/c1-2-22-26(34)9-6-19-14-21(40)15-25(27(19)22)23-7-8-24-29(28(23)35)36-31(37-30(24)38-11-3-4-12-38)41-18-32-10-5-13-39(32)17-20(33)16-32/h1,6-9,14-15,20,40H,3-5,10-13,16-18H2/t20-,32+/m1/s1. The molecular weight excluding hydrogens is 529 g/mol. The fraction of sp³-hybridized carbons (Fsp3) is 0.375. The molecule has 0 bridgehead atoms. The second-order valence-corrected chi connectivity index (χ2v) is 11.4. The first-order valence-electron chi connectivity index (χ1n) is 14.1. The summed E-state index contributed by atoms with van der Waals surface area (Å²) in [6.45, 7) is 3.01. The van der Waals surface area contributed by atoms with Gasteiger partial charge in [0.25, 0.3) is 0 Å². The number of aromatic nitrogens is 2. The Morgan fingerprint density at radius 3 is 2.68 bits per heavy atom. The van der Waals surface area contributed by atoms with E-state index in [2.05, 4.69) is 20.7 Å². The highest BCUT2D eigenvalue weighted by molar-refractivity contribution is 6.04. The largest absolute Gasteiger partial charge is 0.508 e. The van der Waals surface area contributed by atoms with Crippen LogP contribution in [-0.4, -0.2) is 64.5 Å². The number of aromatic hydroxyl groups is 1. The Balaban J connectivity index is 1.38. The molecule has 3 aromatic carbocycles. The van der Waals surface area contributed by atoms with E-state index in [0.717, 1.165) is 45.3 Å². The molecule has 41 heavy (non-hydrogen) atoms. The van der Waals surface area contributed by atoms with Crippen molar-refractivity contribution in [3.8, 4) is 35.2 Å². The number of anilines is 1. The number of rotatable bonds is 5. The number of alkyl halides is 1. The fourth-order valence-corrected chi connectivity index (χ4v) is 6.99. The molecule has 0 saturated carbocycles. The second-order valence-electron chi connectivity index (χ2n) is 11.4. The van der Waals surface area contributed by atoms with Gasteiger partial charge in [-0.25, -0.2) is 13.2 Å². The van der Waals surface area contributed by atoms with Crippen LogP contribution in [0.4, 0.5) is 19.0 Å². The average molecular weight is 559 g/mol. The molecule has 3 aliphatic heterocycles. The zero-order chi connectivity index (χ0) is 28.3. The first-order valence-corrected chi connectivity index (χ1v) is 14.1. The van der Waals surface area contributed by atoms with Gasteiger partial charge in [0.15, 0.2) is 5.82 Å². The molecule has 4 heterocycles. The zero-order valence-electron chi connectivity index (χ0n) is 22.5. The monoisotopic (exact) mass is 558 g/mol. The van der Waals surface area contributed by atoms with E-state index in [1.165, 1.54) is 24.3 Å². The number of terminal acetylenes is 1. The summed E-state index contributed by atoms with van der Waals surface area (Å²) in [7, 11) is 0. The number of ether oxygens (including phenoxy) is 1. The Kier molecular flexibility index (Phi) is 6.20. The number of phenols is 1. The number of phenolic OH excluding ortho intramolecular Hbond substituents is 1. The summed E-state index contributed by atoms with van der Waals surface area (Å²) in [5.41, 5.74) is 0.0252. The van der Waals surface area contributed by atoms with Gasteiger partial charge in [-0.05, 0) is 67.4 Å². The van der Waals surface area contributed by atoms with Gasteiger partial charge in [-0.3, -0.25) is 4.90 Å². The minimum atomic E-state index is -0.897. The molecule has 0 aliphatic carbocycles. The van der Waals surface area contributed by atoms with Gasteiger partial charge >= 0.3 is 6.01 Å². The lowest BCUT2D eigenvalue weighted by molar-refractivity contribution is 0.107. The lowest BCUT2D eigenvalue weighted by Crippen LogP contribution is -2.43. The van der Waals surface area contributed by atoms with Crippen molar-refractivity contribution in [1.29, 1.82) is 0 Å². The van der Waals surface area contributed by atoms with Crippen molar-refractivity contribution >= 4 is 27.5 Å². The van der Waals surface area contributed by atoms with Crippen LogP contribution in [0.25, 0.3) is 32.8 Å². The summed E-state index contributed by atoms with van der Waals surface area (Å²) in [4.78, 5) is 13.5. The zero-order valence-corrected chi connectivity index (χ0v) is 22.5. The van der Waals surface area contributed by atoms with Crippen molar-refractivity contribution in [2.75, 3.05) is 37.7 Å². The predicted octanol–water partition coefficient (Wildman–Crippen LogP) is 5.97. The van der Waals surface area contributed by atoms with Crippen LogP contribution >= 0.6 is 0 Å². The molecule has 6 nitrogen and oxygen atoms in total. The van der Waals surface area contributed by atoms with Gasteiger partial charge in [0, 0.05) is 42.4 Å². The Labute approximate surface area is 235 Å². The molecule has 3 aliphatic rings. The van der Waals surface area contributed by atoms with Crippen molar-refractivity contribution in [3.63, 3.8) is 0 Å². The van der Waals surface area contributed by atoms with Crippen LogP contribution in [0.15, 0.2) is 36.4 Å². The van der Waals surface area contributed by atoms with Crippen molar-refractivity contribution < 1.29 is 23.0 Å². The minimum Gasteiger partial charge on any atom is -0.508 e. The summed E-state index contributed by atoms with van der Waals surface area (Å²) < 4.78 is 51.7. The molecule has 4 aromatic rings. The Bertz CT molecular complexity index is 1730. The molecular formula is C32H29F3N4O2. The van der Waals surface area contributed by atoms with E-state index >= 15 is 4.39 Å². The Hall–Kier alpha value is -4.03. The maximum absolute atomic E-state index is 16.6. The van der Waals surface area contributed by atoms with E-state index in [1.807, 2.05) is 0 Å². The van der Waals surface area contributed by atoms with Gasteiger partial charge in [-0.1, -0.05) is 18.1 Å². The van der Waals surface area contributed by atoms with Crippen LogP contribution in [0.1, 0.15) is 37.7 Å². The van der Waals surface area contributed by atoms with E-state index < -0.39 is 23.3 Å². The molecule has 0 spiro atoms. The summed E-state index contributed by atoms with van der Waals surface area (Å²) in [5, 5.41) is 11.8. The minimum absolute atomic E-state index is 0.00966. The van der Waals surface area contributed by atoms with Crippen LogP contribution in [-0.2, 0) is 0 Å². The number of hydrogen-bond donors (Lipinski definition) is 1. The number of hydrogen-bond acceptors (Lipinski definition) is 6. The third-order valence-electron chi connectivity index (χ3n) is 8.89. The van der Waals surface area contributed by atoms with Gasteiger partial charge in [0.2, 0.25) is 0 Å². The van der Waals surface area contributed by atoms with E-state index in [9.17, 15) is 13.9 Å². The maximum Gasteiger partial charge on any atom is 0.319 e. The van der Waals surface area contributed by atoms with Crippen LogP contribution in [0, 0.1) is 24.0 Å². The maximum atomic E-state index is 16.6. The molecule has 7 rings (SSSR count). The van der Waals surface area contributed by atoms with Gasteiger partial charge in [-0.2, -0.15) is 9.97 Å². The molecule has 0 radical (unpaired) electrons. The molecule has 3 saturated heterocycles. The molecule has 0 unspecified atom stereocenters. The first kappa shape index (κ1) is 25.9. The normalized spacial score (nSPS) is 22.5. The highest BCUT2D eigenvalue weighted by atomic mass is 19.1. The molecule has 9 heteroatoms. The molecule has 2 atom stereocenters. The van der Waals surface area contributed by atoms with Gasteiger partial charge < -0.3 is 14.7 Å². The lowest BCUT2D eigenvalue weighted by Gasteiger charge is -2.31. The first-order chi connectivity index (χ1) is 19.9. The summed E-state index contributed by atoms with van der Waals surface area (Å²) in [6, 6.07) is 8.97. The number of fused-ring (bicyclic) bond motifs is 3. The molecule has 1 aromatic heterocycles. The number of benzene rings is 3. The van der Waals surface area contributed by atoms with Crippen molar-refractivity contribution in [3.05, 3.63) is 53.6 Å². The highest BCUT2D eigenvalue weighted by Gasteiger charge is 2.49. The number of halogens is 3. The second kappa shape index (κ2) is 9.81. The van der Waals surface area contributed by atoms with E-state index in [1.54, 1.807) is 12.1 Å². The Morgan fingerprint density at radius 1 is 1.05 bits per heavy atom. The van der Waals surface area contributed by atoms with Gasteiger partial charge in [0.1, 0.15) is 35.7 Å². The molecule has 0 amide bonds. The van der Waals surface area contributed by atoms with E-state index in [4.69, 9.17) is 16.1 Å². The fourth-order valence-electron chi connectivity index (χ4n) is 6.99. The average Bonchev–Trinajstić information content (AvgIpc) is 3.69. The third-order valence-corrected chi connectivity index (χ3v) is 8.89. The van der Waals surface area contributed by atoms with Crippen molar-refractivity contribution in [2.24, 2.45) is 0 Å². The van der Waals surface area contributed by atoms with Crippen LogP contribution in [0.2, 0.25) is 0 Å². The lowest BCUT2D eigenvalue weighted by atomic mass is 9.93. The van der Waals surface area contributed by atoms with E-state index in [-0.39, 0.29) is 40.6 Å². The van der Waals surface area contributed by atoms with Gasteiger partial charge in [-0.15, -0.1) is 6.42 Å². The highest BCUT2D eigenvalue weighted by Crippen LogP contribution is 2.42. The Morgan fingerprint density at radius 2 is 1.88 bits per heavy atom. The predicted molar refractivity (Wildman–Crippen MR) is 152 cm³/mol. The van der Waals surface area contributed by atoms with E-state index in [0.29, 0.717) is 34.9 Å². The van der Waals surface area contributed by atoms with Crippen molar-refractivity contribution in [2.45, 2.75) is 43.8 Å². The quantitative estimate of drug-likeness (QED) is 0.305. The van der Waals surface area contributed by atoms with Crippen LogP contribution in [0.3, 0.4) is 0 Å². The van der Waals surface area contributed by atoms with Crippen molar-refractivity contribution in [1.82, 2.24) is 14.9 Å². The third kappa shape index (κ3) is 4.24. The smallest absolute Gasteiger partial charge is 0.319 e. The molecule has 210 valence electrons. The topological polar surface area (TPSA) is 61.7 Å². The van der Waals surface area contributed by atoms with Crippen LogP contribution < -0.4 is 9.64 Å². The van der Waals surface area contributed by atoms with Crippen LogP contribution in [0.5, 0.6) is 11.8 Å². The molecule has 1 N–H and O–H groups in total. The SMILES string of the molecule is C#Cc1c(F)ccc2cc(O)cc(-c3ccc4c(N5CCCC5)nc(OC[C@@]56CCCN5C[C@H](F)C6)nc4c3F)c12. The summed E-state index contributed by atoms with van der Waals surface area (Å²) in [5.74, 6) is 1.60. The number of nitrogens with zero attached hydrogens (tertiary/aromatic N) is 4.